The fraction of sp³-hybridized carbons (Fsp3) is 0.737. The van der Waals surface area contributed by atoms with E-state index in [1.54, 1.807) is 11.3 Å². The third-order valence-electron chi connectivity index (χ3n) is 5.12. The van der Waals surface area contributed by atoms with E-state index in [0.717, 1.165) is 58.1 Å². The molecule has 140 valence electrons. The van der Waals surface area contributed by atoms with Crippen molar-refractivity contribution in [3.05, 3.63) is 21.9 Å². The Labute approximate surface area is 155 Å². The smallest absolute Gasteiger partial charge is 0.193 e. The second-order valence-electron chi connectivity index (χ2n) is 6.94. The van der Waals surface area contributed by atoms with Crippen LogP contribution in [-0.4, -0.2) is 56.4 Å². The predicted octanol–water partition coefficient (Wildman–Crippen LogP) is 3.18. The molecule has 0 aliphatic carbocycles. The number of aryl methyl sites for hydroxylation is 1. The zero-order chi connectivity index (χ0) is 17.5. The number of guanidine groups is 1. The van der Waals surface area contributed by atoms with E-state index in [0.29, 0.717) is 12.2 Å². The number of thiophene rings is 1. The Hall–Kier alpha value is -1.11. The van der Waals surface area contributed by atoms with E-state index in [1.165, 1.54) is 23.3 Å². The normalized spacial score (nSPS) is 23.0. The van der Waals surface area contributed by atoms with Gasteiger partial charge in [-0.1, -0.05) is 0 Å². The molecule has 2 saturated heterocycles. The van der Waals surface area contributed by atoms with Crippen molar-refractivity contribution in [3.63, 3.8) is 0 Å². The van der Waals surface area contributed by atoms with Gasteiger partial charge in [-0.05, 0) is 56.0 Å². The van der Waals surface area contributed by atoms with Gasteiger partial charge in [-0.15, -0.1) is 11.3 Å². The number of hydrogen-bond donors (Lipinski definition) is 1. The van der Waals surface area contributed by atoms with Crippen LogP contribution in [0.25, 0.3) is 0 Å². The van der Waals surface area contributed by atoms with E-state index in [4.69, 9.17) is 9.47 Å². The lowest BCUT2D eigenvalue weighted by Crippen LogP contribution is -2.47. The van der Waals surface area contributed by atoms with E-state index in [9.17, 15) is 0 Å². The summed E-state index contributed by atoms with van der Waals surface area (Å²) in [5.41, 5.74) is 1.35. The molecule has 2 aliphatic rings. The fourth-order valence-electron chi connectivity index (χ4n) is 3.49. The first-order chi connectivity index (χ1) is 12.3. The van der Waals surface area contributed by atoms with Crippen molar-refractivity contribution in [2.45, 2.75) is 57.8 Å². The number of aliphatic imine (C=N–C) groups is 1. The minimum atomic E-state index is 0.315. The highest BCUT2D eigenvalue weighted by Gasteiger charge is 2.23. The molecule has 25 heavy (non-hydrogen) atoms. The zero-order valence-corrected chi connectivity index (χ0v) is 16.3. The van der Waals surface area contributed by atoms with Gasteiger partial charge in [-0.2, -0.15) is 0 Å². The number of ether oxygens (including phenoxy) is 2. The highest BCUT2D eigenvalue weighted by atomic mass is 32.1. The Bertz CT molecular complexity index is 547. The Kier molecular flexibility index (Phi) is 7.13. The van der Waals surface area contributed by atoms with Crippen molar-refractivity contribution < 1.29 is 9.47 Å². The molecule has 0 saturated carbocycles. The van der Waals surface area contributed by atoms with Crippen LogP contribution in [0.3, 0.4) is 0 Å². The van der Waals surface area contributed by atoms with Gasteiger partial charge in [0.05, 0.1) is 25.4 Å². The third-order valence-corrected chi connectivity index (χ3v) is 6.14. The lowest BCUT2D eigenvalue weighted by molar-refractivity contribution is -0.0721. The van der Waals surface area contributed by atoms with Gasteiger partial charge >= 0.3 is 0 Å². The molecule has 0 bridgehead atoms. The van der Waals surface area contributed by atoms with Gasteiger partial charge in [-0.3, -0.25) is 4.99 Å². The Balaban J connectivity index is 1.38. The second kappa shape index (κ2) is 9.55. The Morgan fingerprint density at radius 2 is 2.20 bits per heavy atom. The molecule has 0 spiro atoms. The molecule has 1 atom stereocenters. The fourth-order valence-corrected chi connectivity index (χ4v) is 4.34. The van der Waals surface area contributed by atoms with Crippen LogP contribution in [0.15, 0.2) is 16.4 Å². The molecule has 2 aliphatic heterocycles. The van der Waals surface area contributed by atoms with Crippen LogP contribution >= 0.6 is 11.3 Å². The summed E-state index contributed by atoms with van der Waals surface area (Å²) in [6.45, 7) is 6.67. The van der Waals surface area contributed by atoms with Gasteiger partial charge in [0.1, 0.15) is 0 Å². The van der Waals surface area contributed by atoms with E-state index in [-0.39, 0.29) is 0 Å². The number of rotatable bonds is 5. The van der Waals surface area contributed by atoms with Gasteiger partial charge in [0.25, 0.3) is 0 Å². The summed E-state index contributed by atoms with van der Waals surface area (Å²) in [6, 6.07) is 2.17. The predicted molar refractivity (Wildman–Crippen MR) is 103 cm³/mol. The summed E-state index contributed by atoms with van der Waals surface area (Å²) in [4.78, 5) is 8.19. The average Bonchev–Trinajstić information content (AvgIpc) is 3.07. The van der Waals surface area contributed by atoms with Crippen LogP contribution in [0.2, 0.25) is 0 Å². The maximum absolute atomic E-state index is 6.11. The van der Waals surface area contributed by atoms with Crippen LogP contribution in [0.5, 0.6) is 0 Å². The number of likely N-dealkylation sites (tertiary alicyclic amines) is 1. The molecule has 1 unspecified atom stereocenters. The lowest BCUT2D eigenvalue weighted by Gasteiger charge is -2.35. The highest BCUT2D eigenvalue weighted by molar-refractivity contribution is 7.10. The maximum Gasteiger partial charge on any atom is 0.193 e. The molecule has 6 heteroatoms. The van der Waals surface area contributed by atoms with Gasteiger partial charge in [0, 0.05) is 31.6 Å². The highest BCUT2D eigenvalue weighted by Crippen LogP contribution is 2.19. The van der Waals surface area contributed by atoms with E-state index >= 15 is 0 Å². The number of nitrogens with one attached hydrogen (secondary N) is 1. The number of piperidine rings is 1. The SMILES string of the molecule is CN=C(NCc1sccc1C)N1CCC(OCC2CCCCO2)CC1. The van der Waals surface area contributed by atoms with E-state index in [1.807, 2.05) is 7.05 Å². The Morgan fingerprint density at radius 1 is 1.36 bits per heavy atom. The molecule has 5 nitrogen and oxygen atoms in total. The molecule has 2 fully saturated rings. The van der Waals surface area contributed by atoms with Crippen molar-refractivity contribution in [2.75, 3.05) is 33.4 Å². The minimum absolute atomic E-state index is 0.315. The average molecular weight is 366 g/mol. The zero-order valence-electron chi connectivity index (χ0n) is 15.5. The molecule has 1 aromatic heterocycles. The summed E-state index contributed by atoms with van der Waals surface area (Å²) >= 11 is 1.80. The van der Waals surface area contributed by atoms with Gasteiger partial charge in [-0.25, -0.2) is 0 Å². The van der Waals surface area contributed by atoms with Gasteiger partial charge in [0.2, 0.25) is 0 Å². The van der Waals surface area contributed by atoms with Crippen LogP contribution in [0.4, 0.5) is 0 Å². The van der Waals surface area contributed by atoms with Crippen LogP contribution < -0.4 is 5.32 Å². The largest absolute Gasteiger partial charge is 0.376 e. The molecular weight excluding hydrogens is 334 g/mol. The first kappa shape index (κ1) is 18.7. The number of nitrogens with zero attached hydrogens (tertiary/aromatic N) is 2. The molecule has 0 aromatic carbocycles. The molecular formula is C19H31N3O2S. The third kappa shape index (κ3) is 5.43. The molecule has 3 heterocycles. The quantitative estimate of drug-likeness (QED) is 0.643. The molecule has 0 radical (unpaired) electrons. The van der Waals surface area contributed by atoms with Crippen molar-refractivity contribution in [1.82, 2.24) is 10.2 Å². The van der Waals surface area contributed by atoms with Crippen molar-refractivity contribution >= 4 is 17.3 Å². The molecule has 3 rings (SSSR count). The topological polar surface area (TPSA) is 46.1 Å². The second-order valence-corrected chi connectivity index (χ2v) is 7.94. The molecule has 1 N–H and O–H groups in total. The standard InChI is InChI=1S/C19H31N3O2S/c1-15-8-12-25-18(15)13-21-19(20-2)22-9-6-16(7-10-22)24-14-17-5-3-4-11-23-17/h8,12,16-17H,3-7,9-11,13-14H2,1-2H3,(H,20,21). The maximum atomic E-state index is 6.11. The Morgan fingerprint density at radius 3 is 2.84 bits per heavy atom. The van der Waals surface area contributed by atoms with Crippen molar-refractivity contribution in [2.24, 2.45) is 4.99 Å². The summed E-state index contributed by atoms with van der Waals surface area (Å²) in [5.74, 6) is 1.00. The minimum Gasteiger partial charge on any atom is -0.376 e. The van der Waals surface area contributed by atoms with E-state index < -0.39 is 0 Å². The first-order valence-electron chi connectivity index (χ1n) is 9.48. The summed E-state index contributed by atoms with van der Waals surface area (Å²) in [5, 5.41) is 5.65. The van der Waals surface area contributed by atoms with E-state index in [2.05, 4.69) is 33.6 Å². The summed E-state index contributed by atoms with van der Waals surface area (Å²) < 4.78 is 11.9. The number of hydrogen-bond acceptors (Lipinski definition) is 4. The van der Waals surface area contributed by atoms with Gasteiger partial charge < -0.3 is 19.7 Å². The molecule has 1 aromatic rings. The lowest BCUT2D eigenvalue weighted by atomic mass is 10.1. The summed E-state index contributed by atoms with van der Waals surface area (Å²) in [7, 11) is 1.87. The molecule has 0 amide bonds. The van der Waals surface area contributed by atoms with Crippen molar-refractivity contribution in [1.29, 1.82) is 0 Å². The first-order valence-corrected chi connectivity index (χ1v) is 10.4. The van der Waals surface area contributed by atoms with Crippen LogP contribution in [0.1, 0.15) is 42.5 Å². The van der Waals surface area contributed by atoms with Crippen LogP contribution in [0, 0.1) is 6.92 Å². The van der Waals surface area contributed by atoms with Gasteiger partial charge in [0.15, 0.2) is 5.96 Å². The monoisotopic (exact) mass is 365 g/mol. The van der Waals surface area contributed by atoms with Crippen molar-refractivity contribution in [3.8, 4) is 0 Å². The summed E-state index contributed by atoms with van der Waals surface area (Å²) in [6.07, 6.45) is 6.42. The van der Waals surface area contributed by atoms with Crippen LogP contribution in [-0.2, 0) is 16.0 Å².